The Balaban J connectivity index is 2.40. The van der Waals surface area contributed by atoms with Gasteiger partial charge in [0.15, 0.2) is 5.82 Å². The van der Waals surface area contributed by atoms with E-state index in [1.807, 2.05) is 0 Å². The van der Waals surface area contributed by atoms with Crippen molar-refractivity contribution < 1.29 is 9.84 Å². The van der Waals surface area contributed by atoms with Gasteiger partial charge in [0.05, 0.1) is 26.0 Å². The maximum Gasteiger partial charge on any atom is 0.239 e. The third-order valence-corrected chi connectivity index (χ3v) is 1.92. The van der Waals surface area contributed by atoms with Crippen LogP contribution in [0.2, 0.25) is 5.02 Å². The summed E-state index contributed by atoms with van der Waals surface area (Å²) >= 11 is 5.86. The van der Waals surface area contributed by atoms with Gasteiger partial charge in [-0.15, -0.1) is 0 Å². The maximum absolute atomic E-state index is 8.49. The van der Waals surface area contributed by atoms with Gasteiger partial charge < -0.3 is 15.2 Å². The van der Waals surface area contributed by atoms with Gasteiger partial charge in [0.25, 0.3) is 0 Å². The van der Waals surface area contributed by atoms with E-state index in [9.17, 15) is 0 Å². The molecule has 0 aliphatic carbocycles. The number of hydrogen-bond donors (Lipinski definition) is 4. The molecule has 0 saturated heterocycles. The highest BCUT2D eigenvalue weighted by atomic mass is 35.5. The Bertz CT molecular complexity index is 325. The van der Waals surface area contributed by atoms with Gasteiger partial charge in [-0.2, -0.15) is 4.98 Å². The highest BCUT2D eigenvalue weighted by Crippen LogP contribution is 2.18. The minimum absolute atomic E-state index is 0.00943. The quantitative estimate of drug-likeness (QED) is 0.301. The Morgan fingerprint density at radius 2 is 2.31 bits per heavy atom. The molecule has 0 aliphatic heterocycles. The highest BCUT2D eigenvalue weighted by Gasteiger charge is 2.03. The predicted octanol–water partition coefficient (Wildman–Crippen LogP) is -0.164. The molecule has 0 saturated carbocycles. The molecule has 90 valence electrons. The van der Waals surface area contributed by atoms with Crippen molar-refractivity contribution in [3.8, 4) is 0 Å². The van der Waals surface area contributed by atoms with E-state index in [0.717, 1.165) is 0 Å². The summed E-state index contributed by atoms with van der Waals surface area (Å²) in [6, 6.07) is 0. The average molecular weight is 248 g/mol. The number of nitrogens with zero attached hydrogens (tertiary/aromatic N) is 2. The third kappa shape index (κ3) is 4.15. The van der Waals surface area contributed by atoms with Crippen molar-refractivity contribution >= 4 is 23.4 Å². The van der Waals surface area contributed by atoms with E-state index in [-0.39, 0.29) is 12.6 Å². The lowest BCUT2D eigenvalue weighted by atomic mass is 10.5. The molecule has 0 bridgehead atoms. The van der Waals surface area contributed by atoms with Crippen LogP contribution in [0.15, 0.2) is 6.20 Å². The fourth-order valence-corrected chi connectivity index (χ4v) is 1.13. The molecule has 5 N–H and O–H groups in total. The number of halogens is 1. The first kappa shape index (κ1) is 12.9. The van der Waals surface area contributed by atoms with Gasteiger partial charge in [0.2, 0.25) is 5.95 Å². The number of hydrogen-bond acceptors (Lipinski definition) is 7. The summed E-state index contributed by atoms with van der Waals surface area (Å²) in [6.45, 7) is 1.30. The Kier molecular flexibility index (Phi) is 5.79. The standard InChI is InChI=1S/C8H14ClN5O2/c9-6-5-12-8(14-10)13-7(6)11-1-3-16-4-2-15/h5,15H,1-4,10H2,(H2,11,12,13,14). The molecular weight excluding hydrogens is 234 g/mol. The summed E-state index contributed by atoms with van der Waals surface area (Å²) in [5, 5.41) is 11.9. The molecule has 7 nitrogen and oxygen atoms in total. The molecule has 1 aromatic rings. The fraction of sp³-hybridized carbons (Fsp3) is 0.500. The zero-order valence-corrected chi connectivity index (χ0v) is 9.37. The zero-order chi connectivity index (χ0) is 11.8. The van der Waals surface area contributed by atoms with Crippen molar-refractivity contribution in [1.29, 1.82) is 0 Å². The molecule has 0 amide bonds. The molecule has 0 radical (unpaired) electrons. The van der Waals surface area contributed by atoms with Gasteiger partial charge in [-0.25, -0.2) is 10.8 Å². The first-order valence-electron chi connectivity index (χ1n) is 4.69. The molecular formula is C8H14ClN5O2. The molecule has 0 atom stereocenters. The summed E-state index contributed by atoms with van der Waals surface area (Å²) in [6.07, 6.45) is 1.45. The van der Waals surface area contributed by atoms with E-state index in [0.29, 0.717) is 30.6 Å². The number of anilines is 2. The monoisotopic (exact) mass is 247 g/mol. The van der Waals surface area contributed by atoms with Gasteiger partial charge in [0, 0.05) is 6.54 Å². The third-order valence-electron chi connectivity index (χ3n) is 1.65. The van der Waals surface area contributed by atoms with Crippen molar-refractivity contribution in [1.82, 2.24) is 9.97 Å². The van der Waals surface area contributed by atoms with Crippen LogP contribution >= 0.6 is 11.6 Å². The Labute approximate surface area is 98.0 Å². The predicted molar refractivity (Wildman–Crippen MR) is 61.2 cm³/mol. The molecule has 1 rings (SSSR count). The number of aliphatic hydroxyl groups excluding tert-OH is 1. The number of aromatic nitrogens is 2. The second-order valence-corrected chi connectivity index (χ2v) is 3.20. The summed E-state index contributed by atoms with van der Waals surface area (Å²) in [5.74, 6) is 5.93. The average Bonchev–Trinajstić information content (AvgIpc) is 2.31. The summed E-state index contributed by atoms with van der Waals surface area (Å²) in [7, 11) is 0. The van der Waals surface area contributed by atoms with Crippen LogP contribution in [-0.4, -0.2) is 41.4 Å². The number of nitrogens with one attached hydrogen (secondary N) is 2. The minimum Gasteiger partial charge on any atom is -0.394 e. The Morgan fingerprint density at radius 1 is 1.50 bits per heavy atom. The van der Waals surface area contributed by atoms with E-state index in [4.69, 9.17) is 27.3 Å². The van der Waals surface area contributed by atoms with E-state index < -0.39 is 0 Å². The van der Waals surface area contributed by atoms with Crippen LogP contribution in [0.1, 0.15) is 0 Å². The van der Waals surface area contributed by atoms with Crippen LogP contribution in [-0.2, 0) is 4.74 Å². The van der Waals surface area contributed by atoms with Crippen LogP contribution in [0.4, 0.5) is 11.8 Å². The van der Waals surface area contributed by atoms with Crippen LogP contribution in [0.5, 0.6) is 0 Å². The number of ether oxygens (including phenoxy) is 1. The van der Waals surface area contributed by atoms with E-state index in [2.05, 4.69) is 20.7 Å². The fourth-order valence-electron chi connectivity index (χ4n) is 0.969. The smallest absolute Gasteiger partial charge is 0.239 e. The van der Waals surface area contributed by atoms with Gasteiger partial charge >= 0.3 is 0 Å². The molecule has 1 aromatic heterocycles. The molecule has 0 unspecified atom stereocenters. The van der Waals surface area contributed by atoms with Crippen molar-refractivity contribution in [2.24, 2.45) is 5.84 Å². The summed E-state index contributed by atoms with van der Waals surface area (Å²) in [4.78, 5) is 7.84. The molecule has 16 heavy (non-hydrogen) atoms. The largest absolute Gasteiger partial charge is 0.394 e. The molecule has 0 spiro atoms. The lowest BCUT2D eigenvalue weighted by molar-refractivity contribution is 0.0992. The normalized spacial score (nSPS) is 10.2. The number of nitrogens with two attached hydrogens (primary N) is 1. The highest BCUT2D eigenvalue weighted by molar-refractivity contribution is 6.32. The molecule has 1 heterocycles. The lowest BCUT2D eigenvalue weighted by Gasteiger charge is -2.08. The lowest BCUT2D eigenvalue weighted by Crippen LogP contribution is -2.15. The van der Waals surface area contributed by atoms with E-state index in [1.54, 1.807) is 0 Å². The second kappa shape index (κ2) is 7.18. The maximum atomic E-state index is 8.49. The molecule has 0 aliphatic rings. The van der Waals surface area contributed by atoms with Gasteiger partial charge in [-0.3, -0.25) is 5.43 Å². The first-order valence-corrected chi connectivity index (χ1v) is 5.07. The topological polar surface area (TPSA) is 105 Å². The van der Waals surface area contributed by atoms with Crippen LogP contribution < -0.4 is 16.6 Å². The molecule has 0 aromatic carbocycles. The summed E-state index contributed by atoms with van der Waals surface area (Å²) < 4.78 is 5.06. The Morgan fingerprint density at radius 3 is 3.00 bits per heavy atom. The first-order chi connectivity index (χ1) is 7.77. The van der Waals surface area contributed by atoms with Crippen LogP contribution in [0.25, 0.3) is 0 Å². The van der Waals surface area contributed by atoms with Crippen molar-refractivity contribution in [3.05, 3.63) is 11.2 Å². The number of aliphatic hydroxyl groups is 1. The minimum atomic E-state index is 0.00943. The van der Waals surface area contributed by atoms with Gasteiger partial charge in [-0.1, -0.05) is 11.6 Å². The van der Waals surface area contributed by atoms with Crippen molar-refractivity contribution in [3.63, 3.8) is 0 Å². The Hall–Kier alpha value is -1.15. The van der Waals surface area contributed by atoms with Crippen LogP contribution in [0, 0.1) is 0 Å². The molecule has 0 fully saturated rings. The summed E-state index contributed by atoms with van der Waals surface area (Å²) in [5.41, 5.74) is 2.32. The van der Waals surface area contributed by atoms with Crippen LogP contribution in [0.3, 0.4) is 0 Å². The van der Waals surface area contributed by atoms with Crippen molar-refractivity contribution in [2.45, 2.75) is 0 Å². The number of nitrogen functional groups attached to an aromatic ring is 1. The van der Waals surface area contributed by atoms with Crippen molar-refractivity contribution in [2.75, 3.05) is 37.1 Å². The SMILES string of the molecule is NNc1ncc(Cl)c(NCCOCCO)n1. The number of hydrazine groups is 1. The second-order valence-electron chi connectivity index (χ2n) is 2.80. The molecule has 8 heteroatoms. The van der Waals surface area contributed by atoms with E-state index >= 15 is 0 Å². The van der Waals surface area contributed by atoms with Gasteiger partial charge in [0.1, 0.15) is 5.02 Å². The van der Waals surface area contributed by atoms with Gasteiger partial charge in [-0.05, 0) is 0 Å². The van der Waals surface area contributed by atoms with E-state index in [1.165, 1.54) is 6.20 Å². The number of rotatable bonds is 7. The zero-order valence-electron chi connectivity index (χ0n) is 8.61.